The zero-order valence-corrected chi connectivity index (χ0v) is 27.6. The number of hydrogen-bond donors (Lipinski definition) is 2. The maximum Gasteiger partial charge on any atom is 0.303 e. The number of carbonyl (C=O) groups is 5. The van der Waals surface area contributed by atoms with Crippen LogP contribution >= 0.6 is 23.2 Å². The number of allylic oxidation sites excluding steroid dienone is 2. The Bertz CT molecular complexity index is 1730. The fraction of sp³-hybridized carbons (Fsp3) is 0.441. The number of phenolic OH excluding ortho intramolecular Hbond substituents is 1. The van der Waals surface area contributed by atoms with Crippen LogP contribution in [0, 0.1) is 23.6 Å². The first kappa shape index (κ1) is 33.7. The summed E-state index contributed by atoms with van der Waals surface area (Å²) in [6, 6.07) is 7.31. The number of carboxylic acids is 1. The predicted octanol–water partition coefficient (Wildman–Crippen LogP) is 4.76. The molecule has 3 fully saturated rings. The third-order valence-electron chi connectivity index (χ3n) is 10.1. The quantitative estimate of drug-likeness (QED) is 0.155. The normalized spacial score (nSPS) is 29.4. The van der Waals surface area contributed by atoms with Crippen molar-refractivity contribution >= 4 is 58.5 Å². The fourth-order valence-corrected chi connectivity index (χ4v) is 8.85. The van der Waals surface area contributed by atoms with Gasteiger partial charge in [-0.3, -0.25) is 28.9 Å². The number of aliphatic carboxylic acids is 1. The Morgan fingerprint density at radius 3 is 2.21 bits per heavy atom. The van der Waals surface area contributed by atoms with Gasteiger partial charge in [0, 0.05) is 36.6 Å². The summed E-state index contributed by atoms with van der Waals surface area (Å²) in [6.07, 6.45) is 2.95. The van der Waals surface area contributed by atoms with Crippen molar-refractivity contribution in [3.8, 4) is 17.2 Å². The van der Waals surface area contributed by atoms with Crippen LogP contribution in [0.3, 0.4) is 0 Å². The first-order valence-corrected chi connectivity index (χ1v) is 16.3. The summed E-state index contributed by atoms with van der Waals surface area (Å²) in [6.45, 7) is 0.108. The molecule has 6 atom stereocenters. The molecule has 0 radical (unpaired) electrons. The molecule has 2 aliphatic heterocycles. The van der Waals surface area contributed by atoms with E-state index in [4.69, 9.17) is 37.8 Å². The molecular weight excluding hydrogens is 670 g/mol. The van der Waals surface area contributed by atoms with E-state index >= 15 is 0 Å². The highest BCUT2D eigenvalue weighted by Gasteiger charge is 2.77. The Kier molecular flexibility index (Phi) is 8.70. The zero-order chi connectivity index (χ0) is 34.7. The molecule has 254 valence electrons. The van der Waals surface area contributed by atoms with Gasteiger partial charge in [-0.05, 0) is 55.9 Å². The van der Waals surface area contributed by atoms with Crippen LogP contribution in [-0.2, 0) is 24.0 Å². The Morgan fingerprint density at radius 2 is 1.60 bits per heavy atom. The topological polar surface area (TPSA) is 151 Å². The lowest BCUT2D eigenvalue weighted by Crippen LogP contribution is -2.60. The number of likely N-dealkylation sites (tertiary alicyclic amines) is 1. The number of imide groups is 2. The average Bonchev–Trinajstić information content (AvgIpc) is 3.38. The van der Waals surface area contributed by atoms with Gasteiger partial charge in [0.25, 0.3) is 11.8 Å². The minimum atomic E-state index is -2.22. The lowest BCUT2D eigenvalue weighted by atomic mass is 9.56. The summed E-state index contributed by atoms with van der Waals surface area (Å²) < 4.78 is 25.2. The average molecular weight is 704 g/mol. The van der Waals surface area contributed by atoms with E-state index in [1.165, 1.54) is 43.4 Å². The fourth-order valence-electron chi connectivity index (χ4n) is 7.93. The van der Waals surface area contributed by atoms with Crippen LogP contribution in [0.2, 0.25) is 0 Å². The number of fused-ring (bicyclic) bond motifs is 4. The second kappa shape index (κ2) is 12.4. The number of unbranched alkanes of at least 4 members (excludes halogenated alkanes) is 2. The smallest absolute Gasteiger partial charge is 0.303 e. The molecule has 0 aromatic heterocycles. The van der Waals surface area contributed by atoms with Crippen LogP contribution in [0.5, 0.6) is 17.2 Å². The number of benzene rings is 2. The van der Waals surface area contributed by atoms with E-state index in [9.17, 15) is 33.5 Å². The van der Waals surface area contributed by atoms with Crippen molar-refractivity contribution in [2.75, 3.05) is 25.7 Å². The molecule has 0 bridgehead atoms. The molecule has 4 amide bonds. The van der Waals surface area contributed by atoms with Crippen molar-refractivity contribution < 1.29 is 48.0 Å². The number of methoxy groups -OCH3 is 2. The molecule has 6 rings (SSSR count). The van der Waals surface area contributed by atoms with Gasteiger partial charge in [0.1, 0.15) is 23.1 Å². The first-order chi connectivity index (χ1) is 22.8. The minimum absolute atomic E-state index is 0.0201. The van der Waals surface area contributed by atoms with Crippen LogP contribution in [0.1, 0.15) is 50.0 Å². The molecule has 2 aliphatic carbocycles. The number of carbonyl (C=O) groups excluding carboxylic acids is 4. The second-order valence-electron chi connectivity index (χ2n) is 12.5. The summed E-state index contributed by atoms with van der Waals surface area (Å²) >= 11 is 14.8. The van der Waals surface area contributed by atoms with Crippen LogP contribution in [0.15, 0.2) is 48.0 Å². The maximum atomic E-state index is 14.6. The Balaban J connectivity index is 1.48. The molecular formula is C34H33Cl2FN2O9. The van der Waals surface area contributed by atoms with Gasteiger partial charge in [0.2, 0.25) is 11.8 Å². The van der Waals surface area contributed by atoms with Crippen molar-refractivity contribution in [1.82, 2.24) is 4.90 Å². The molecule has 2 aromatic carbocycles. The Morgan fingerprint density at radius 1 is 0.958 bits per heavy atom. The second-order valence-corrected chi connectivity index (χ2v) is 13.8. The molecule has 48 heavy (non-hydrogen) atoms. The number of alkyl halides is 2. The molecule has 2 N–H and O–H groups in total. The lowest BCUT2D eigenvalue weighted by molar-refractivity contribution is -0.141. The molecule has 2 aromatic rings. The summed E-state index contributed by atoms with van der Waals surface area (Å²) in [7, 11) is 2.69. The Hall–Kier alpha value is -4.16. The van der Waals surface area contributed by atoms with Gasteiger partial charge in [-0.25, -0.2) is 9.29 Å². The number of rotatable bonds is 10. The van der Waals surface area contributed by atoms with Gasteiger partial charge in [-0.1, -0.05) is 18.1 Å². The van der Waals surface area contributed by atoms with Gasteiger partial charge in [-0.15, -0.1) is 23.2 Å². The summed E-state index contributed by atoms with van der Waals surface area (Å²) in [5, 5.41) is 19.4. The molecule has 0 unspecified atom stereocenters. The predicted molar refractivity (Wildman–Crippen MR) is 171 cm³/mol. The van der Waals surface area contributed by atoms with Crippen molar-refractivity contribution in [3.05, 3.63) is 59.4 Å². The number of hydrogen-bond acceptors (Lipinski definition) is 8. The van der Waals surface area contributed by atoms with Gasteiger partial charge >= 0.3 is 5.97 Å². The van der Waals surface area contributed by atoms with Crippen molar-refractivity contribution in [2.24, 2.45) is 17.8 Å². The number of aromatic hydroxyl groups is 1. The van der Waals surface area contributed by atoms with E-state index in [1.807, 2.05) is 0 Å². The monoisotopic (exact) mass is 702 g/mol. The maximum absolute atomic E-state index is 14.6. The number of phenols is 1. The number of carboxylic acid groups (broad SMARTS) is 1. The number of halogens is 3. The third kappa shape index (κ3) is 4.94. The molecule has 14 heteroatoms. The number of ether oxygens (including phenoxy) is 2. The largest absolute Gasteiger partial charge is 0.508 e. The van der Waals surface area contributed by atoms with E-state index in [2.05, 4.69) is 0 Å². The molecule has 0 spiro atoms. The summed E-state index contributed by atoms with van der Waals surface area (Å²) in [5.74, 6) is -7.87. The van der Waals surface area contributed by atoms with Gasteiger partial charge < -0.3 is 19.7 Å². The van der Waals surface area contributed by atoms with E-state index in [0.717, 1.165) is 17.0 Å². The van der Waals surface area contributed by atoms with Crippen molar-refractivity contribution in [2.45, 2.75) is 54.2 Å². The van der Waals surface area contributed by atoms with Crippen LogP contribution in [0.4, 0.5) is 10.1 Å². The van der Waals surface area contributed by atoms with E-state index < -0.39 is 62.9 Å². The van der Waals surface area contributed by atoms with E-state index in [1.54, 1.807) is 6.08 Å². The zero-order valence-electron chi connectivity index (χ0n) is 26.1. The Labute approximate surface area is 285 Å². The highest BCUT2D eigenvalue weighted by molar-refractivity contribution is 6.58. The van der Waals surface area contributed by atoms with Crippen LogP contribution in [-0.4, -0.2) is 75.2 Å². The SMILES string of the molecule is COc1cc(O)cc(OC)c1[C@H]1C2=CC[C@@H]3C(=O)N(CCCCCC(=O)O)C(=O)[C@@H]3[C@@H]2C[C@@]2(Cl)C(=O)N(c3ccc(F)cc3)C(=O)[C@@]12Cl. The number of nitrogens with zero attached hydrogens (tertiary/aromatic N) is 2. The van der Waals surface area contributed by atoms with Crippen molar-refractivity contribution in [1.29, 1.82) is 0 Å². The van der Waals surface area contributed by atoms with E-state index in [-0.39, 0.29) is 60.2 Å². The van der Waals surface area contributed by atoms with Crippen molar-refractivity contribution in [3.63, 3.8) is 0 Å². The molecule has 2 heterocycles. The standard InChI is InChI=1S/C34H33Cl2FN2O9/c1-47-23-14-19(40)15-24(48-2)27(23)28-20-11-12-21-26(30(44)38(29(21)43)13-5-3-4-6-25(41)42)22(20)16-33(35)31(45)39(32(46)34(28,33)36)18-9-7-17(37)8-10-18/h7-11,14-15,21-22,26,28,40H,3-6,12-13,16H2,1-2H3,(H,41,42)/t21-,22+,26-,28+,33+,34-/m0/s1. The van der Waals surface area contributed by atoms with Gasteiger partial charge in [0.15, 0.2) is 9.75 Å². The van der Waals surface area contributed by atoms with Crippen LogP contribution < -0.4 is 14.4 Å². The minimum Gasteiger partial charge on any atom is -0.508 e. The first-order valence-electron chi connectivity index (χ1n) is 15.5. The number of anilines is 1. The molecule has 4 aliphatic rings. The van der Waals surface area contributed by atoms with Gasteiger partial charge in [0.05, 0.1) is 31.7 Å². The highest BCUT2D eigenvalue weighted by atomic mass is 35.5. The number of amides is 4. The third-order valence-corrected chi connectivity index (χ3v) is 11.5. The molecule has 2 saturated heterocycles. The van der Waals surface area contributed by atoms with E-state index in [0.29, 0.717) is 24.8 Å². The summed E-state index contributed by atoms with van der Waals surface area (Å²) in [5.41, 5.74) is 0.748. The lowest BCUT2D eigenvalue weighted by Gasteiger charge is -2.51. The molecule has 1 saturated carbocycles. The van der Waals surface area contributed by atoms with Gasteiger partial charge in [-0.2, -0.15) is 0 Å². The summed E-state index contributed by atoms with van der Waals surface area (Å²) in [4.78, 5) is 65.2. The van der Waals surface area contributed by atoms with Crippen LogP contribution in [0.25, 0.3) is 0 Å². The highest BCUT2D eigenvalue weighted by Crippen LogP contribution is 2.67. The molecule has 11 nitrogen and oxygen atoms in total.